The zero-order chi connectivity index (χ0) is 14.8. The highest BCUT2D eigenvalue weighted by Crippen LogP contribution is 2.41. The van der Waals surface area contributed by atoms with Gasteiger partial charge in [0.15, 0.2) is 0 Å². The molecular formula is C17H34N2O. The number of likely N-dealkylation sites (N-methyl/N-ethyl adjacent to an activating group) is 2. The zero-order valence-corrected chi connectivity index (χ0v) is 14.0. The molecular weight excluding hydrogens is 248 g/mol. The van der Waals surface area contributed by atoms with E-state index < -0.39 is 0 Å². The Balaban J connectivity index is 1.93. The Bertz CT molecular complexity index is 314. The quantitative estimate of drug-likeness (QED) is 0.811. The molecule has 0 aromatic heterocycles. The van der Waals surface area contributed by atoms with Crippen LogP contribution in [0.15, 0.2) is 0 Å². The van der Waals surface area contributed by atoms with Crippen molar-refractivity contribution in [2.75, 3.05) is 40.8 Å². The molecule has 0 spiro atoms. The van der Waals surface area contributed by atoms with Crippen LogP contribution in [0.4, 0.5) is 0 Å². The van der Waals surface area contributed by atoms with E-state index in [-0.39, 0.29) is 5.41 Å². The summed E-state index contributed by atoms with van der Waals surface area (Å²) in [4.78, 5) is 4.91. The van der Waals surface area contributed by atoms with Crippen LogP contribution in [0.3, 0.4) is 0 Å². The van der Waals surface area contributed by atoms with E-state index in [0.717, 1.165) is 19.0 Å². The molecule has 3 heteroatoms. The third-order valence-corrected chi connectivity index (χ3v) is 5.92. The molecule has 2 fully saturated rings. The van der Waals surface area contributed by atoms with Gasteiger partial charge in [0.05, 0.1) is 0 Å². The molecule has 0 aromatic carbocycles. The van der Waals surface area contributed by atoms with Crippen LogP contribution < -0.4 is 0 Å². The molecule has 2 atom stereocenters. The summed E-state index contributed by atoms with van der Waals surface area (Å²) in [5.74, 6) is 0.774. The number of aliphatic hydroxyl groups excluding tert-OH is 1. The summed E-state index contributed by atoms with van der Waals surface area (Å²) in [5.41, 5.74) is 0.551. The lowest BCUT2D eigenvalue weighted by Crippen LogP contribution is -2.58. The van der Waals surface area contributed by atoms with Gasteiger partial charge in [-0.3, -0.25) is 0 Å². The highest BCUT2D eigenvalue weighted by atomic mass is 16.3. The molecule has 0 amide bonds. The van der Waals surface area contributed by atoms with Crippen molar-refractivity contribution in [3.05, 3.63) is 0 Å². The van der Waals surface area contributed by atoms with Crippen LogP contribution in [0.5, 0.6) is 0 Å². The molecule has 0 aliphatic heterocycles. The van der Waals surface area contributed by atoms with E-state index in [0.29, 0.717) is 12.1 Å². The fourth-order valence-corrected chi connectivity index (χ4v) is 4.57. The van der Waals surface area contributed by atoms with Gasteiger partial charge in [0, 0.05) is 30.7 Å². The molecule has 2 aliphatic rings. The standard InChI is InChI=1S/C17H34N2O/c1-15-7-5-8-16(11-15,14-20)12-19(4)13-17(18(2)3)9-6-10-17/h15,20H,5-14H2,1-4H3. The van der Waals surface area contributed by atoms with Crippen molar-refractivity contribution in [1.82, 2.24) is 9.80 Å². The molecule has 3 nitrogen and oxygen atoms in total. The molecule has 2 aliphatic carbocycles. The lowest BCUT2D eigenvalue weighted by Gasteiger charge is -2.51. The van der Waals surface area contributed by atoms with Gasteiger partial charge in [-0.05, 0) is 59.2 Å². The first-order chi connectivity index (χ1) is 9.41. The van der Waals surface area contributed by atoms with E-state index in [1.807, 2.05) is 0 Å². The van der Waals surface area contributed by atoms with Crippen molar-refractivity contribution in [3.8, 4) is 0 Å². The summed E-state index contributed by atoms with van der Waals surface area (Å²) in [6.07, 6.45) is 9.05. The fraction of sp³-hybridized carbons (Fsp3) is 1.00. The minimum absolute atomic E-state index is 0.156. The van der Waals surface area contributed by atoms with Crippen molar-refractivity contribution in [1.29, 1.82) is 0 Å². The van der Waals surface area contributed by atoms with Gasteiger partial charge < -0.3 is 14.9 Å². The molecule has 0 radical (unpaired) electrons. The van der Waals surface area contributed by atoms with Gasteiger partial charge >= 0.3 is 0 Å². The lowest BCUT2D eigenvalue weighted by molar-refractivity contribution is -0.0106. The largest absolute Gasteiger partial charge is 0.396 e. The van der Waals surface area contributed by atoms with Gasteiger partial charge in [0.25, 0.3) is 0 Å². The first kappa shape index (κ1) is 16.3. The van der Waals surface area contributed by atoms with Crippen molar-refractivity contribution in [2.24, 2.45) is 11.3 Å². The topological polar surface area (TPSA) is 26.7 Å². The van der Waals surface area contributed by atoms with Crippen molar-refractivity contribution in [3.63, 3.8) is 0 Å². The Labute approximate surface area is 125 Å². The highest BCUT2D eigenvalue weighted by Gasteiger charge is 2.42. The number of hydrogen-bond donors (Lipinski definition) is 1. The normalized spacial score (nSPS) is 33.5. The first-order valence-electron chi connectivity index (χ1n) is 8.38. The number of nitrogens with zero attached hydrogens (tertiary/aromatic N) is 2. The molecule has 0 saturated heterocycles. The summed E-state index contributed by atoms with van der Waals surface area (Å²) in [6.45, 7) is 4.91. The van der Waals surface area contributed by atoms with Crippen molar-refractivity contribution < 1.29 is 5.11 Å². The SMILES string of the molecule is CC1CCCC(CO)(CN(C)CC2(N(C)C)CCC2)C1. The van der Waals surface area contributed by atoms with E-state index in [1.165, 1.54) is 44.9 Å². The first-order valence-corrected chi connectivity index (χ1v) is 8.38. The molecule has 1 N–H and O–H groups in total. The van der Waals surface area contributed by atoms with Crippen LogP contribution in [0.25, 0.3) is 0 Å². The summed E-state index contributed by atoms with van der Waals surface area (Å²) < 4.78 is 0. The second-order valence-electron chi connectivity index (χ2n) is 8.00. The second-order valence-corrected chi connectivity index (χ2v) is 8.00. The van der Waals surface area contributed by atoms with Crippen LogP contribution in [0.2, 0.25) is 0 Å². The molecule has 20 heavy (non-hydrogen) atoms. The van der Waals surface area contributed by atoms with E-state index >= 15 is 0 Å². The molecule has 0 bridgehead atoms. The van der Waals surface area contributed by atoms with Gasteiger partial charge in [-0.15, -0.1) is 0 Å². The Morgan fingerprint density at radius 1 is 1.05 bits per heavy atom. The number of hydrogen-bond acceptors (Lipinski definition) is 3. The molecule has 2 rings (SSSR count). The minimum atomic E-state index is 0.156. The molecule has 2 saturated carbocycles. The maximum absolute atomic E-state index is 9.95. The van der Waals surface area contributed by atoms with Crippen molar-refractivity contribution in [2.45, 2.75) is 57.4 Å². The summed E-state index contributed by atoms with van der Waals surface area (Å²) in [5, 5.41) is 9.95. The Hall–Kier alpha value is -0.120. The van der Waals surface area contributed by atoms with Gasteiger partial charge in [-0.25, -0.2) is 0 Å². The summed E-state index contributed by atoms with van der Waals surface area (Å²) in [6, 6.07) is 0. The monoisotopic (exact) mass is 282 g/mol. The molecule has 118 valence electrons. The van der Waals surface area contributed by atoms with Crippen LogP contribution in [0, 0.1) is 11.3 Å². The minimum Gasteiger partial charge on any atom is -0.396 e. The smallest absolute Gasteiger partial charge is 0.0499 e. The fourth-order valence-electron chi connectivity index (χ4n) is 4.57. The lowest BCUT2D eigenvalue weighted by atomic mass is 9.69. The predicted octanol–water partition coefficient (Wildman–Crippen LogP) is 2.59. The zero-order valence-electron chi connectivity index (χ0n) is 14.0. The average molecular weight is 282 g/mol. The summed E-state index contributed by atoms with van der Waals surface area (Å²) in [7, 11) is 6.69. The van der Waals surface area contributed by atoms with Crippen LogP contribution >= 0.6 is 0 Å². The maximum Gasteiger partial charge on any atom is 0.0499 e. The van der Waals surface area contributed by atoms with Gasteiger partial charge in [0.1, 0.15) is 0 Å². The van der Waals surface area contributed by atoms with E-state index in [9.17, 15) is 5.11 Å². The highest BCUT2D eigenvalue weighted by molar-refractivity contribution is 4.99. The molecule has 0 heterocycles. The summed E-state index contributed by atoms with van der Waals surface area (Å²) >= 11 is 0. The predicted molar refractivity (Wildman–Crippen MR) is 84.9 cm³/mol. The van der Waals surface area contributed by atoms with Crippen LogP contribution in [0.1, 0.15) is 51.9 Å². The third kappa shape index (κ3) is 3.37. The Kier molecular flexibility index (Phi) is 5.14. The maximum atomic E-state index is 9.95. The Morgan fingerprint density at radius 3 is 2.20 bits per heavy atom. The Morgan fingerprint density at radius 2 is 1.75 bits per heavy atom. The number of aliphatic hydroxyl groups is 1. The average Bonchev–Trinajstić information content (AvgIpc) is 2.33. The van der Waals surface area contributed by atoms with Gasteiger partial charge in [-0.1, -0.05) is 19.8 Å². The van der Waals surface area contributed by atoms with Gasteiger partial charge in [-0.2, -0.15) is 0 Å². The molecule has 2 unspecified atom stereocenters. The number of rotatable bonds is 6. The second kappa shape index (κ2) is 6.33. The van der Waals surface area contributed by atoms with Crippen LogP contribution in [-0.4, -0.2) is 61.3 Å². The van der Waals surface area contributed by atoms with E-state index in [4.69, 9.17) is 0 Å². The van der Waals surface area contributed by atoms with Crippen LogP contribution in [-0.2, 0) is 0 Å². The van der Waals surface area contributed by atoms with E-state index in [2.05, 4.69) is 37.9 Å². The van der Waals surface area contributed by atoms with Crippen molar-refractivity contribution >= 4 is 0 Å². The third-order valence-electron chi connectivity index (χ3n) is 5.92. The van der Waals surface area contributed by atoms with Gasteiger partial charge in [0.2, 0.25) is 0 Å². The molecule has 0 aromatic rings. The van der Waals surface area contributed by atoms with E-state index in [1.54, 1.807) is 0 Å².